The van der Waals surface area contributed by atoms with Crippen molar-refractivity contribution >= 4 is 39.1 Å². The van der Waals surface area contributed by atoms with E-state index in [4.69, 9.17) is 16.3 Å². The zero-order valence-corrected chi connectivity index (χ0v) is 26.0. The predicted octanol–water partition coefficient (Wildman–Crippen LogP) is 5.64. The van der Waals surface area contributed by atoms with Gasteiger partial charge < -0.3 is 15.0 Å². The van der Waals surface area contributed by atoms with Crippen LogP contribution in [0.3, 0.4) is 0 Å². The summed E-state index contributed by atoms with van der Waals surface area (Å²) in [6, 6.07) is 17.9. The van der Waals surface area contributed by atoms with Crippen LogP contribution in [-0.2, 0) is 26.2 Å². The summed E-state index contributed by atoms with van der Waals surface area (Å²) in [6.45, 7) is 4.94. The van der Waals surface area contributed by atoms with Crippen molar-refractivity contribution in [2.45, 2.75) is 70.0 Å². The summed E-state index contributed by atoms with van der Waals surface area (Å²) in [7, 11) is -2.75. The highest BCUT2D eigenvalue weighted by molar-refractivity contribution is 7.92. The average Bonchev–Trinajstić information content (AvgIpc) is 3.48. The third-order valence-electron chi connectivity index (χ3n) is 7.63. The molecule has 0 saturated heterocycles. The summed E-state index contributed by atoms with van der Waals surface area (Å²) in [5.41, 5.74) is 2.70. The van der Waals surface area contributed by atoms with Gasteiger partial charge in [-0.05, 0) is 81.1 Å². The third kappa shape index (κ3) is 7.44. The van der Waals surface area contributed by atoms with Crippen LogP contribution in [0.4, 0.5) is 5.69 Å². The lowest BCUT2D eigenvalue weighted by atomic mass is 10.1. The quantitative estimate of drug-likeness (QED) is 0.303. The first kappa shape index (κ1) is 31.4. The van der Waals surface area contributed by atoms with E-state index in [1.807, 2.05) is 19.9 Å². The molecule has 8 nitrogen and oxygen atoms in total. The number of rotatable bonds is 11. The van der Waals surface area contributed by atoms with Gasteiger partial charge in [0.05, 0.1) is 17.7 Å². The number of halogens is 1. The largest absolute Gasteiger partial charge is 0.495 e. The fraction of sp³-hybridized carbons (Fsp3) is 0.375. The van der Waals surface area contributed by atoms with Crippen LogP contribution >= 0.6 is 11.6 Å². The Balaban J connectivity index is 1.73. The van der Waals surface area contributed by atoms with Gasteiger partial charge in [-0.25, -0.2) is 8.42 Å². The van der Waals surface area contributed by atoms with E-state index in [0.29, 0.717) is 10.8 Å². The predicted molar refractivity (Wildman–Crippen MR) is 165 cm³/mol. The summed E-state index contributed by atoms with van der Waals surface area (Å²) >= 11 is 6.09. The van der Waals surface area contributed by atoms with Crippen molar-refractivity contribution < 1.29 is 22.7 Å². The number of hydrogen-bond acceptors (Lipinski definition) is 5. The monoisotopic (exact) mass is 611 g/mol. The smallest absolute Gasteiger partial charge is 0.264 e. The molecule has 0 heterocycles. The van der Waals surface area contributed by atoms with Crippen molar-refractivity contribution in [3.8, 4) is 5.75 Å². The van der Waals surface area contributed by atoms with Crippen molar-refractivity contribution in [1.29, 1.82) is 0 Å². The average molecular weight is 612 g/mol. The van der Waals surface area contributed by atoms with Gasteiger partial charge in [0.15, 0.2) is 0 Å². The minimum atomic E-state index is -4.20. The van der Waals surface area contributed by atoms with Gasteiger partial charge in [0.1, 0.15) is 18.3 Å². The van der Waals surface area contributed by atoms with E-state index in [0.717, 1.165) is 46.7 Å². The Morgan fingerprint density at radius 1 is 0.976 bits per heavy atom. The summed E-state index contributed by atoms with van der Waals surface area (Å²) in [5.74, 6) is -0.496. The third-order valence-corrected chi connectivity index (χ3v) is 9.65. The van der Waals surface area contributed by atoms with Gasteiger partial charge in [-0.1, -0.05) is 60.3 Å². The number of aryl methyl sites for hydroxylation is 2. The number of nitrogens with zero attached hydrogens (tertiary/aromatic N) is 2. The zero-order valence-electron chi connectivity index (χ0n) is 24.5. The minimum Gasteiger partial charge on any atom is -0.495 e. The Morgan fingerprint density at radius 2 is 1.60 bits per heavy atom. The Labute approximate surface area is 253 Å². The summed E-state index contributed by atoms with van der Waals surface area (Å²) in [6.07, 6.45) is 3.91. The first-order valence-corrected chi connectivity index (χ1v) is 15.9. The van der Waals surface area contributed by atoms with Crippen LogP contribution in [0.25, 0.3) is 0 Å². The molecule has 0 spiro atoms. The molecule has 2 amide bonds. The highest BCUT2D eigenvalue weighted by Gasteiger charge is 2.34. The molecule has 1 aliphatic rings. The number of carbonyl (C=O) groups is 2. The van der Waals surface area contributed by atoms with Gasteiger partial charge in [0.25, 0.3) is 10.0 Å². The van der Waals surface area contributed by atoms with Crippen LogP contribution in [0.5, 0.6) is 5.75 Å². The molecule has 1 atom stereocenters. The van der Waals surface area contributed by atoms with Crippen LogP contribution in [0, 0.1) is 13.8 Å². The Kier molecular flexibility index (Phi) is 10.2. The maximum absolute atomic E-state index is 14.2. The van der Waals surface area contributed by atoms with Gasteiger partial charge in [0.2, 0.25) is 11.8 Å². The maximum Gasteiger partial charge on any atom is 0.264 e. The lowest BCUT2D eigenvalue weighted by Crippen LogP contribution is -2.52. The molecule has 224 valence electrons. The first-order valence-electron chi connectivity index (χ1n) is 14.1. The van der Waals surface area contributed by atoms with Crippen molar-refractivity contribution in [2.75, 3.05) is 18.0 Å². The van der Waals surface area contributed by atoms with Crippen LogP contribution in [-0.4, -0.2) is 50.9 Å². The number of methoxy groups -OCH3 is 1. The van der Waals surface area contributed by atoms with E-state index in [-0.39, 0.29) is 29.1 Å². The number of nitrogens with one attached hydrogen (secondary N) is 1. The van der Waals surface area contributed by atoms with E-state index in [1.165, 1.54) is 24.1 Å². The number of sulfonamides is 1. The van der Waals surface area contributed by atoms with Gasteiger partial charge in [-0.3, -0.25) is 13.9 Å². The molecule has 1 fully saturated rings. The Morgan fingerprint density at radius 3 is 2.21 bits per heavy atom. The molecule has 10 heteroatoms. The maximum atomic E-state index is 14.2. The van der Waals surface area contributed by atoms with Crippen LogP contribution in [0.2, 0.25) is 5.02 Å². The van der Waals surface area contributed by atoms with E-state index >= 15 is 0 Å². The van der Waals surface area contributed by atoms with Crippen molar-refractivity contribution in [1.82, 2.24) is 10.2 Å². The normalized spacial score (nSPS) is 14.3. The molecule has 42 heavy (non-hydrogen) atoms. The molecule has 1 aliphatic carbocycles. The summed E-state index contributed by atoms with van der Waals surface area (Å²) in [4.78, 5) is 29.0. The van der Waals surface area contributed by atoms with Crippen molar-refractivity contribution in [3.63, 3.8) is 0 Å². The van der Waals surface area contributed by atoms with Crippen LogP contribution in [0.15, 0.2) is 71.6 Å². The molecule has 0 bridgehead atoms. The minimum absolute atomic E-state index is 0.0423. The van der Waals surface area contributed by atoms with Gasteiger partial charge in [-0.15, -0.1) is 0 Å². The van der Waals surface area contributed by atoms with E-state index < -0.39 is 28.5 Å². The number of benzene rings is 3. The summed E-state index contributed by atoms with van der Waals surface area (Å²) < 4.78 is 34.8. The lowest BCUT2D eigenvalue weighted by Gasteiger charge is -2.33. The SMILES string of the molecule is COc1ccc(C)cc1N(CC(=O)N(Cc1ccc(Cl)cc1)[C@@H](C)C(=O)NC1CCCC1)S(=O)(=O)c1ccc(C)cc1. The number of anilines is 1. The highest BCUT2D eigenvalue weighted by atomic mass is 35.5. The van der Waals surface area contributed by atoms with E-state index in [1.54, 1.807) is 55.5 Å². The van der Waals surface area contributed by atoms with Gasteiger partial charge in [-0.2, -0.15) is 0 Å². The second-order valence-corrected chi connectivity index (χ2v) is 13.1. The first-order chi connectivity index (χ1) is 20.0. The molecule has 3 aromatic carbocycles. The second kappa shape index (κ2) is 13.6. The number of amides is 2. The fourth-order valence-corrected chi connectivity index (χ4v) is 6.65. The second-order valence-electron chi connectivity index (χ2n) is 10.8. The molecule has 0 radical (unpaired) electrons. The molecule has 0 aliphatic heterocycles. The number of carbonyl (C=O) groups excluding carboxylic acids is 2. The molecular formula is C32H38ClN3O5S. The standard InChI is InChI=1S/C32H38ClN3O5S/c1-22-9-16-28(17-10-22)42(39,40)36(29-19-23(2)11-18-30(29)41-4)21-31(37)35(20-25-12-14-26(33)15-13-25)24(3)32(38)34-27-7-5-6-8-27/h9-19,24,27H,5-8,20-21H2,1-4H3,(H,34,38)/t24-/m0/s1. The lowest BCUT2D eigenvalue weighted by molar-refractivity contribution is -0.139. The van der Waals surface area contributed by atoms with Crippen LogP contribution < -0.4 is 14.4 Å². The molecule has 4 rings (SSSR count). The molecule has 0 unspecified atom stereocenters. The molecule has 3 aromatic rings. The van der Waals surface area contributed by atoms with Gasteiger partial charge >= 0.3 is 0 Å². The molecule has 1 N–H and O–H groups in total. The topological polar surface area (TPSA) is 96.0 Å². The zero-order chi connectivity index (χ0) is 30.4. The number of hydrogen-bond donors (Lipinski definition) is 1. The van der Waals surface area contributed by atoms with Gasteiger partial charge in [0, 0.05) is 17.6 Å². The van der Waals surface area contributed by atoms with Crippen LogP contribution in [0.1, 0.15) is 49.3 Å². The van der Waals surface area contributed by atoms with E-state index in [2.05, 4.69) is 5.32 Å². The van der Waals surface area contributed by atoms with Crippen molar-refractivity contribution in [2.24, 2.45) is 0 Å². The Bertz CT molecular complexity index is 1500. The highest BCUT2D eigenvalue weighted by Crippen LogP contribution is 2.34. The fourth-order valence-electron chi connectivity index (χ4n) is 5.11. The van der Waals surface area contributed by atoms with Crippen molar-refractivity contribution in [3.05, 3.63) is 88.4 Å². The molecule has 1 saturated carbocycles. The molecular weight excluding hydrogens is 574 g/mol. The summed E-state index contributed by atoms with van der Waals surface area (Å²) in [5, 5.41) is 3.62. The molecule has 0 aromatic heterocycles. The Hall–Kier alpha value is -3.56. The number of ether oxygens (including phenoxy) is 1. The van der Waals surface area contributed by atoms with E-state index in [9.17, 15) is 18.0 Å².